The van der Waals surface area contributed by atoms with E-state index in [-0.39, 0.29) is 17.0 Å². The third-order valence-electron chi connectivity index (χ3n) is 3.31. The minimum Gasteiger partial charge on any atom is -0.480 e. The quantitative estimate of drug-likeness (QED) is 0.779. The van der Waals surface area contributed by atoms with Crippen molar-refractivity contribution in [2.24, 2.45) is 5.92 Å². The molecule has 2 unspecified atom stereocenters. The van der Waals surface area contributed by atoms with Gasteiger partial charge in [-0.1, -0.05) is 26.3 Å². The summed E-state index contributed by atoms with van der Waals surface area (Å²) in [6.45, 7) is 3.61. The van der Waals surface area contributed by atoms with Crippen molar-refractivity contribution in [2.45, 2.75) is 26.3 Å². The lowest BCUT2D eigenvalue weighted by Gasteiger charge is -2.20. The molecule has 0 aromatic heterocycles. The molecule has 0 saturated carbocycles. The Morgan fingerprint density at radius 3 is 2.43 bits per heavy atom. The van der Waals surface area contributed by atoms with Crippen LogP contribution in [0.2, 0.25) is 0 Å². The summed E-state index contributed by atoms with van der Waals surface area (Å²) in [6, 6.07) is 4.98. The highest BCUT2D eigenvalue weighted by Gasteiger charge is 2.25. The molecule has 1 rings (SSSR count). The normalized spacial score (nSPS) is 13.1. The van der Waals surface area contributed by atoms with Gasteiger partial charge in [-0.05, 0) is 24.1 Å². The van der Waals surface area contributed by atoms with Crippen LogP contribution in [0.5, 0.6) is 0 Å². The van der Waals surface area contributed by atoms with Gasteiger partial charge in [-0.15, -0.1) is 0 Å². The van der Waals surface area contributed by atoms with E-state index in [2.05, 4.69) is 10.1 Å². The third kappa shape index (κ3) is 4.30. The summed E-state index contributed by atoms with van der Waals surface area (Å²) < 4.78 is 4.58. The van der Waals surface area contributed by atoms with Gasteiger partial charge in [0.15, 0.2) is 0 Å². The van der Waals surface area contributed by atoms with Gasteiger partial charge < -0.3 is 15.2 Å². The second-order valence-corrected chi connectivity index (χ2v) is 4.75. The van der Waals surface area contributed by atoms with Gasteiger partial charge in [0.25, 0.3) is 5.91 Å². The highest BCUT2D eigenvalue weighted by molar-refractivity contribution is 5.99. The Morgan fingerprint density at radius 1 is 1.29 bits per heavy atom. The number of benzene rings is 1. The van der Waals surface area contributed by atoms with Crippen LogP contribution < -0.4 is 5.32 Å². The van der Waals surface area contributed by atoms with Crippen molar-refractivity contribution in [3.05, 3.63) is 35.4 Å². The van der Waals surface area contributed by atoms with Crippen LogP contribution in [0.25, 0.3) is 0 Å². The maximum atomic E-state index is 12.1. The number of methoxy groups -OCH3 is 1. The van der Waals surface area contributed by atoms with Crippen LogP contribution in [-0.2, 0) is 9.53 Å². The standard InChI is InChI=1S/C15H19NO5/c1-4-9(2)12(14(18)19)16-13(17)10-6-5-7-11(8-10)15(20)21-3/h5-9,12H,4H2,1-3H3,(H,16,17)(H,18,19). The van der Waals surface area contributed by atoms with Crippen LogP contribution in [0, 0.1) is 5.92 Å². The second-order valence-electron chi connectivity index (χ2n) is 4.75. The Morgan fingerprint density at radius 2 is 1.90 bits per heavy atom. The van der Waals surface area contributed by atoms with Gasteiger partial charge in [0, 0.05) is 5.56 Å². The molecule has 0 spiro atoms. The lowest BCUT2D eigenvalue weighted by atomic mass is 9.99. The summed E-state index contributed by atoms with van der Waals surface area (Å²) in [7, 11) is 1.25. The van der Waals surface area contributed by atoms with Crippen LogP contribution in [0.15, 0.2) is 24.3 Å². The van der Waals surface area contributed by atoms with Crippen LogP contribution in [-0.4, -0.2) is 36.1 Å². The smallest absolute Gasteiger partial charge is 0.337 e. The molecular formula is C15H19NO5. The Bertz CT molecular complexity index is 541. The second kappa shape index (κ2) is 7.42. The number of hydrogen-bond acceptors (Lipinski definition) is 4. The number of ether oxygens (including phenoxy) is 1. The number of carboxylic acids is 1. The van der Waals surface area contributed by atoms with Crippen molar-refractivity contribution in [1.29, 1.82) is 0 Å². The molecule has 0 bridgehead atoms. The monoisotopic (exact) mass is 293 g/mol. The van der Waals surface area contributed by atoms with Gasteiger partial charge in [-0.3, -0.25) is 4.79 Å². The van der Waals surface area contributed by atoms with Crippen molar-refractivity contribution >= 4 is 17.8 Å². The van der Waals surface area contributed by atoms with Crippen LogP contribution in [0.1, 0.15) is 41.0 Å². The Kier molecular flexibility index (Phi) is 5.90. The van der Waals surface area contributed by atoms with Gasteiger partial charge in [0.2, 0.25) is 0 Å². The lowest BCUT2D eigenvalue weighted by molar-refractivity contribution is -0.140. The minimum atomic E-state index is -1.08. The summed E-state index contributed by atoms with van der Waals surface area (Å²) in [5.74, 6) is -2.37. The molecule has 1 aromatic rings. The number of carboxylic acid groups (broad SMARTS) is 1. The number of rotatable bonds is 6. The highest BCUT2D eigenvalue weighted by Crippen LogP contribution is 2.11. The SMILES string of the molecule is CCC(C)C(NC(=O)c1cccc(C(=O)OC)c1)C(=O)O. The predicted octanol–water partition coefficient (Wildman–Crippen LogP) is 1.70. The van der Waals surface area contributed by atoms with E-state index in [9.17, 15) is 14.4 Å². The number of nitrogens with one attached hydrogen (secondary N) is 1. The van der Waals surface area contributed by atoms with E-state index in [1.165, 1.54) is 25.3 Å². The van der Waals surface area contributed by atoms with E-state index in [4.69, 9.17) is 5.11 Å². The average Bonchev–Trinajstić information content (AvgIpc) is 2.50. The molecule has 21 heavy (non-hydrogen) atoms. The van der Waals surface area contributed by atoms with Gasteiger partial charge >= 0.3 is 11.9 Å². The van der Waals surface area contributed by atoms with Crippen LogP contribution >= 0.6 is 0 Å². The molecule has 0 radical (unpaired) electrons. The number of aliphatic carboxylic acids is 1. The van der Waals surface area contributed by atoms with E-state index in [0.717, 1.165) is 0 Å². The number of carbonyl (C=O) groups is 3. The summed E-state index contributed by atoms with van der Waals surface area (Å²) >= 11 is 0. The number of carbonyl (C=O) groups excluding carboxylic acids is 2. The van der Waals surface area contributed by atoms with Crippen molar-refractivity contribution in [2.75, 3.05) is 7.11 Å². The first kappa shape index (κ1) is 16.7. The molecule has 0 aliphatic rings. The van der Waals surface area contributed by atoms with Crippen molar-refractivity contribution in [3.8, 4) is 0 Å². The first-order chi connectivity index (χ1) is 9.90. The Labute approximate surface area is 123 Å². The minimum absolute atomic E-state index is 0.199. The molecule has 2 atom stereocenters. The Balaban J connectivity index is 2.93. The molecule has 2 N–H and O–H groups in total. The van der Waals surface area contributed by atoms with E-state index >= 15 is 0 Å². The zero-order valence-electron chi connectivity index (χ0n) is 12.3. The molecule has 6 heteroatoms. The van der Waals surface area contributed by atoms with Crippen LogP contribution in [0.3, 0.4) is 0 Å². The van der Waals surface area contributed by atoms with E-state index in [1.54, 1.807) is 13.0 Å². The largest absolute Gasteiger partial charge is 0.480 e. The molecule has 0 aliphatic heterocycles. The summed E-state index contributed by atoms with van der Waals surface area (Å²) in [5, 5.41) is 11.6. The molecule has 0 fully saturated rings. The highest BCUT2D eigenvalue weighted by atomic mass is 16.5. The fraction of sp³-hybridized carbons (Fsp3) is 0.400. The van der Waals surface area contributed by atoms with E-state index in [0.29, 0.717) is 6.42 Å². The van der Waals surface area contributed by atoms with Gasteiger partial charge in [-0.25, -0.2) is 9.59 Å². The van der Waals surface area contributed by atoms with E-state index in [1.807, 2.05) is 6.92 Å². The first-order valence-corrected chi connectivity index (χ1v) is 6.62. The van der Waals surface area contributed by atoms with Gasteiger partial charge in [-0.2, -0.15) is 0 Å². The summed E-state index contributed by atoms with van der Waals surface area (Å²) in [5.41, 5.74) is 0.452. The molecule has 1 aromatic carbocycles. The van der Waals surface area contributed by atoms with Gasteiger partial charge in [0.1, 0.15) is 6.04 Å². The molecule has 114 valence electrons. The zero-order valence-corrected chi connectivity index (χ0v) is 12.3. The predicted molar refractivity (Wildman–Crippen MR) is 76.1 cm³/mol. The Hall–Kier alpha value is -2.37. The average molecular weight is 293 g/mol. The third-order valence-corrected chi connectivity index (χ3v) is 3.31. The fourth-order valence-corrected chi connectivity index (χ4v) is 1.81. The molecule has 0 aliphatic carbocycles. The maximum absolute atomic E-state index is 12.1. The molecule has 0 saturated heterocycles. The van der Waals surface area contributed by atoms with Gasteiger partial charge in [0.05, 0.1) is 12.7 Å². The van der Waals surface area contributed by atoms with Crippen molar-refractivity contribution in [1.82, 2.24) is 5.32 Å². The number of amides is 1. The summed E-state index contributed by atoms with van der Waals surface area (Å²) in [6.07, 6.45) is 0.624. The number of esters is 1. The summed E-state index contributed by atoms with van der Waals surface area (Å²) in [4.78, 5) is 34.7. The van der Waals surface area contributed by atoms with Crippen molar-refractivity contribution < 1.29 is 24.2 Å². The maximum Gasteiger partial charge on any atom is 0.337 e. The fourth-order valence-electron chi connectivity index (χ4n) is 1.81. The topological polar surface area (TPSA) is 92.7 Å². The molecule has 0 heterocycles. The lowest BCUT2D eigenvalue weighted by Crippen LogP contribution is -2.45. The van der Waals surface area contributed by atoms with Crippen LogP contribution in [0.4, 0.5) is 0 Å². The number of hydrogen-bond donors (Lipinski definition) is 2. The first-order valence-electron chi connectivity index (χ1n) is 6.62. The molecule has 1 amide bonds. The zero-order chi connectivity index (χ0) is 16.0. The van der Waals surface area contributed by atoms with Crippen molar-refractivity contribution in [3.63, 3.8) is 0 Å². The molecular weight excluding hydrogens is 274 g/mol. The molecule has 6 nitrogen and oxygen atoms in total. The van der Waals surface area contributed by atoms with E-state index < -0.39 is 23.9 Å².